The van der Waals surface area contributed by atoms with Crippen LogP contribution >= 0.6 is 11.6 Å². The monoisotopic (exact) mass is 190 g/mol. The molecule has 66 valence electrons. The van der Waals surface area contributed by atoms with E-state index in [2.05, 4.69) is 0 Å². The Morgan fingerprint density at radius 1 is 1.58 bits per heavy atom. The Balaban J connectivity index is 3.25. The highest BCUT2D eigenvalue weighted by atomic mass is 35.5. The van der Waals surface area contributed by atoms with E-state index in [1.54, 1.807) is 0 Å². The first-order valence-corrected chi connectivity index (χ1v) is 3.70. The summed E-state index contributed by atoms with van der Waals surface area (Å²) in [6.45, 7) is -0.421. The second-order valence-electron chi connectivity index (χ2n) is 2.20. The van der Waals surface area contributed by atoms with Gasteiger partial charge in [-0.05, 0) is 12.1 Å². The lowest BCUT2D eigenvalue weighted by Crippen LogP contribution is -1.96. The number of aliphatic hydroxyl groups is 1. The third-order valence-corrected chi connectivity index (χ3v) is 1.82. The second-order valence-corrected chi connectivity index (χ2v) is 2.61. The summed E-state index contributed by atoms with van der Waals surface area (Å²) in [5.41, 5.74) is 0.0880. The quantitative estimate of drug-likeness (QED) is 0.773. The van der Waals surface area contributed by atoms with Crippen LogP contribution in [0.1, 0.15) is 5.56 Å². The highest BCUT2D eigenvalue weighted by Crippen LogP contribution is 2.26. The molecule has 4 heteroatoms. The van der Waals surface area contributed by atoms with Gasteiger partial charge >= 0.3 is 0 Å². The van der Waals surface area contributed by atoms with Gasteiger partial charge < -0.3 is 9.84 Å². The summed E-state index contributed by atoms with van der Waals surface area (Å²) in [6, 6.07) is 2.89. The smallest absolute Gasteiger partial charge is 0.151 e. The van der Waals surface area contributed by atoms with Crippen molar-refractivity contribution in [1.82, 2.24) is 0 Å². The maximum Gasteiger partial charge on any atom is 0.151 e. The first kappa shape index (κ1) is 9.29. The van der Waals surface area contributed by atoms with Crippen LogP contribution in [0.2, 0.25) is 5.02 Å². The van der Waals surface area contributed by atoms with Gasteiger partial charge in [-0.1, -0.05) is 11.6 Å². The lowest BCUT2D eigenvalue weighted by atomic mass is 10.2. The summed E-state index contributed by atoms with van der Waals surface area (Å²) in [5, 5.41) is 8.76. The fourth-order valence-corrected chi connectivity index (χ4v) is 1.09. The Kier molecular flexibility index (Phi) is 2.89. The molecule has 0 unspecified atom stereocenters. The lowest BCUT2D eigenvalue weighted by molar-refractivity contribution is 0.267. The Morgan fingerprint density at radius 3 is 2.75 bits per heavy atom. The molecule has 1 N–H and O–H groups in total. The van der Waals surface area contributed by atoms with Crippen LogP contribution in [-0.4, -0.2) is 12.2 Å². The van der Waals surface area contributed by atoms with Crippen LogP contribution in [0.3, 0.4) is 0 Å². The molecule has 12 heavy (non-hydrogen) atoms. The minimum absolute atomic E-state index is 0.0140. The van der Waals surface area contributed by atoms with E-state index in [1.165, 1.54) is 19.2 Å². The molecule has 0 heterocycles. The van der Waals surface area contributed by atoms with E-state index in [4.69, 9.17) is 21.4 Å². The molecule has 0 saturated heterocycles. The molecule has 0 atom stereocenters. The predicted octanol–water partition coefficient (Wildman–Crippen LogP) is 1.98. The summed E-state index contributed by atoms with van der Waals surface area (Å²) in [4.78, 5) is 0. The van der Waals surface area contributed by atoms with Crippen molar-refractivity contribution in [2.24, 2.45) is 0 Å². The molecule has 0 fully saturated rings. The van der Waals surface area contributed by atoms with Gasteiger partial charge in [0.1, 0.15) is 5.75 Å². The van der Waals surface area contributed by atoms with Gasteiger partial charge in [0.05, 0.1) is 24.3 Å². The second kappa shape index (κ2) is 3.74. The van der Waals surface area contributed by atoms with Crippen LogP contribution in [0.25, 0.3) is 0 Å². The van der Waals surface area contributed by atoms with Gasteiger partial charge in [0, 0.05) is 0 Å². The normalized spacial score (nSPS) is 10.0. The predicted molar refractivity (Wildman–Crippen MR) is 43.9 cm³/mol. The zero-order chi connectivity index (χ0) is 9.14. The maximum atomic E-state index is 13.1. The van der Waals surface area contributed by atoms with Crippen molar-refractivity contribution in [2.75, 3.05) is 7.11 Å². The first-order chi connectivity index (χ1) is 5.70. The molecule has 0 aromatic heterocycles. The van der Waals surface area contributed by atoms with E-state index < -0.39 is 12.4 Å². The summed E-state index contributed by atoms with van der Waals surface area (Å²) in [6.07, 6.45) is 0. The van der Waals surface area contributed by atoms with E-state index in [9.17, 15) is 4.39 Å². The molecule has 0 amide bonds. The van der Waals surface area contributed by atoms with Crippen molar-refractivity contribution < 1.29 is 14.2 Å². The van der Waals surface area contributed by atoms with E-state index in [0.717, 1.165) is 0 Å². The molecule has 0 bridgehead atoms. The van der Waals surface area contributed by atoms with Crippen molar-refractivity contribution >= 4 is 11.6 Å². The van der Waals surface area contributed by atoms with E-state index in [1.807, 2.05) is 0 Å². The van der Waals surface area contributed by atoms with Crippen LogP contribution in [0.4, 0.5) is 4.39 Å². The molecular weight excluding hydrogens is 183 g/mol. The third kappa shape index (κ3) is 1.52. The van der Waals surface area contributed by atoms with Crippen molar-refractivity contribution in [3.05, 3.63) is 28.5 Å². The van der Waals surface area contributed by atoms with Gasteiger partial charge in [-0.2, -0.15) is 0 Å². The fourth-order valence-electron chi connectivity index (χ4n) is 0.913. The van der Waals surface area contributed by atoms with Crippen molar-refractivity contribution in [1.29, 1.82) is 0 Å². The maximum absolute atomic E-state index is 13.1. The van der Waals surface area contributed by atoms with Crippen molar-refractivity contribution in [2.45, 2.75) is 6.61 Å². The highest BCUT2D eigenvalue weighted by Gasteiger charge is 2.11. The Hall–Kier alpha value is -0.800. The lowest BCUT2D eigenvalue weighted by Gasteiger charge is -2.07. The van der Waals surface area contributed by atoms with E-state index in [0.29, 0.717) is 5.75 Å². The number of methoxy groups -OCH3 is 1. The number of benzene rings is 1. The molecule has 2 nitrogen and oxygen atoms in total. The van der Waals surface area contributed by atoms with Gasteiger partial charge in [0.15, 0.2) is 5.82 Å². The molecule has 0 aliphatic heterocycles. The minimum Gasteiger partial charge on any atom is -0.496 e. The number of hydrogen-bond donors (Lipinski definition) is 1. The van der Waals surface area contributed by atoms with Crippen molar-refractivity contribution in [3.63, 3.8) is 0 Å². The Bertz CT molecular complexity index is 289. The largest absolute Gasteiger partial charge is 0.496 e. The van der Waals surface area contributed by atoms with Crippen LogP contribution < -0.4 is 4.74 Å². The zero-order valence-corrected chi connectivity index (χ0v) is 7.23. The minimum atomic E-state index is -0.626. The third-order valence-electron chi connectivity index (χ3n) is 1.53. The molecule has 1 aromatic carbocycles. The average Bonchev–Trinajstić information content (AvgIpc) is 2.09. The van der Waals surface area contributed by atoms with Crippen LogP contribution in [-0.2, 0) is 6.61 Å². The number of hydrogen-bond acceptors (Lipinski definition) is 2. The SMILES string of the molecule is COc1ccc(Cl)c(F)c1CO. The number of ether oxygens (including phenoxy) is 1. The molecule has 0 aliphatic rings. The van der Waals surface area contributed by atoms with Crippen LogP contribution in [0, 0.1) is 5.82 Å². The molecule has 0 aliphatic carbocycles. The van der Waals surface area contributed by atoms with Crippen LogP contribution in [0.15, 0.2) is 12.1 Å². The van der Waals surface area contributed by atoms with Gasteiger partial charge in [0.25, 0.3) is 0 Å². The van der Waals surface area contributed by atoms with Crippen molar-refractivity contribution in [3.8, 4) is 5.75 Å². The summed E-state index contributed by atoms with van der Waals surface area (Å²) < 4.78 is 17.9. The molecule has 0 saturated carbocycles. The number of aliphatic hydroxyl groups excluding tert-OH is 1. The summed E-state index contributed by atoms with van der Waals surface area (Å²) >= 11 is 5.48. The molecule has 0 spiro atoms. The standard InChI is InChI=1S/C8H8ClFO2/c1-12-7-3-2-6(9)8(10)5(7)4-11/h2-3,11H,4H2,1H3. The van der Waals surface area contributed by atoms with Gasteiger partial charge in [-0.25, -0.2) is 4.39 Å². The van der Waals surface area contributed by atoms with E-state index in [-0.39, 0.29) is 10.6 Å². The van der Waals surface area contributed by atoms with Gasteiger partial charge in [-0.3, -0.25) is 0 Å². The fraction of sp³-hybridized carbons (Fsp3) is 0.250. The Morgan fingerprint density at radius 2 is 2.25 bits per heavy atom. The topological polar surface area (TPSA) is 29.5 Å². The summed E-state index contributed by atoms with van der Waals surface area (Å²) in [5.74, 6) is -0.321. The van der Waals surface area contributed by atoms with Gasteiger partial charge in [0.2, 0.25) is 0 Å². The number of halogens is 2. The molecule has 1 rings (SSSR count). The summed E-state index contributed by atoms with van der Waals surface area (Å²) in [7, 11) is 1.40. The molecule has 0 radical (unpaired) electrons. The van der Waals surface area contributed by atoms with E-state index >= 15 is 0 Å². The molecule has 1 aromatic rings. The number of rotatable bonds is 2. The first-order valence-electron chi connectivity index (χ1n) is 3.32. The van der Waals surface area contributed by atoms with Crippen LogP contribution in [0.5, 0.6) is 5.75 Å². The zero-order valence-electron chi connectivity index (χ0n) is 6.47. The molecular formula is C8H8ClFO2. The average molecular weight is 191 g/mol. The van der Waals surface area contributed by atoms with Gasteiger partial charge in [-0.15, -0.1) is 0 Å². The highest BCUT2D eigenvalue weighted by molar-refractivity contribution is 6.30. The Labute approximate surface area is 74.5 Å².